The second-order valence-corrected chi connectivity index (χ2v) is 5.83. The highest BCUT2D eigenvalue weighted by Crippen LogP contribution is 2.25. The number of furan rings is 1. The maximum atomic E-state index is 12.4. The SMILES string of the molecule is CCCOc1ccc(C(=O)Nc2cccc(-c3ccc(CO)o3)c2)cc1. The van der Waals surface area contributed by atoms with Gasteiger partial charge in [0.05, 0.1) is 6.61 Å². The third-order valence-electron chi connectivity index (χ3n) is 3.81. The van der Waals surface area contributed by atoms with Gasteiger partial charge in [-0.3, -0.25) is 4.79 Å². The Hall–Kier alpha value is -3.05. The molecule has 0 aliphatic heterocycles. The van der Waals surface area contributed by atoms with Crippen molar-refractivity contribution in [1.29, 1.82) is 0 Å². The Kier molecular flexibility index (Phi) is 5.71. The number of ether oxygens (including phenoxy) is 1. The second kappa shape index (κ2) is 8.36. The van der Waals surface area contributed by atoms with E-state index < -0.39 is 0 Å². The van der Waals surface area contributed by atoms with E-state index in [1.54, 1.807) is 36.4 Å². The molecule has 0 aliphatic rings. The minimum atomic E-state index is -0.195. The van der Waals surface area contributed by atoms with Crippen LogP contribution < -0.4 is 10.1 Å². The van der Waals surface area contributed by atoms with Crippen LogP contribution >= 0.6 is 0 Å². The molecule has 5 nitrogen and oxygen atoms in total. The average molecular weight is 351 g/mol. The lowest BCUT2D eigenvalue weighted by Crippen LogP contribution is -2.11. The Morgan fingerprint density at radius 1 is 1.12 bits per heavy atom. The Morgan fingerprint density at radius 2 is 1.92 bits per heavy atom. The first-order valence-electron chi connectivity index (χ1n) is 8.54. The van der Waals surface area contributed by atoms with Gasteiger partial charge in [0.15, 0.2) is 0 Å². The molecule has 0 bridgehead atoms. The van der Waals surface area contributed by atoms with Gasteiger partial charge in [-0.05, 0) is 55.0 Å². The third kappa shape index (κ3) is 4.32. The summed E-state index contributed by atoms with van der Waals surface area (Å²) in [6.07, 6.45) is 0.939. The maximum absolute atomic E-state index is 12.4. The molecule has 0 fully saturated rings. The smallest absolute Gasteiger partial charge is 0.255 e. The van der Waals surface area contributed by atoms with E-state index in [9.17, 15) is 4.79 Å². The number of nitrogens with one attached hydrogen (secondary N) is 1. The highest BCUT2D eigenvalue weighted by atomic mass is 16.5. The Labute approximate surface area is 152 Å². The third-order valence-corrected chi connectivity index (χ3v) is 3.81. The molecule has 5 heteroatoms. The number of amides is 1. The van der Waals surface area contributed by atoms with E-state index in [0.717, 1.165) is 17.7 Å². The summed E-state index contributed by atoms with van der Waals surface area (Å²) >= 11 is 0. The van der Waals surface area contributed by atoms with Crippen molar-refractivity contribution in [3.8, 4) is 17.1 Å². The van der Waals surface area contributed by atoms with E-state index in [1.165, 1.54) is 0 Å². The Bertz CT molecular complexity index is 868. The molecule has 3 rings (SSSR count). The molecule has 0 spiro atoms. The van der Waals surface area contributed by atoms with Gasteiger partial charge in [0.1, 0.15) is 23.9 Å². The lowest BCUT2D eigenvalue weighted by Gasteiger charge is -2.08. The molecule has 1 aromatic heterocycles. The fourth-order valence-electron chi connectivity index (χ4n) is 2.49. The summed E-state index contributed by atoms with van der Waals surface area (Å²) in [7, 11) is 0. The highest BCUT2D eigenvalue weighted by molar-refractivity contribution is 6.04. The first-order valence-corrected chi connectivity index (χ1v) is 8.54. The molecule has 3 aromatic rings. The molecule has 2 aromatic carbocycles. The summed E-state index contributed by atoms with van der Waals surface area (Å²) in [5.74, 6) is 1.70. The predicted molar refractivity (Wildman–Crippen MR) is 100 cm³/mol. The van der Waals surface area contributed by atoms with Crippen LogP contribution in [0.3, 0.4) is 0 Å². The molecule has 134 valence electrons. The standard InChI is InChI=1S/C21H21NO4/c1-2-12-25-18-8-6-15(7-9-18)21(24)22-17-5-3-4-16(13-17)20-11-10-19(14-23)26-20/h3-11,13,23H,2,12,14H2,1H3,(H,22,24). The zero-order chi connectivity index (χ0) is 18.4. The molecule has 0 saturated heterocycles. The van der Waals surface area contributed by atoms with Crippen LogP contribution in [0.25, 0.3) is 11.3 Å². The van der Waals surface area contributed by atoms with E-state index in [2.05, 4.69) is 5.32 Å². The van der Waals surface area contributed by atoms with E-state index in [4.69, 9.17) is 14.3 Å². The number of benzene rings is 2. The van der Waals surface area contributed by atoms with Crippen molar-refractivity contribution in [2.45, 2.75) is 20.0 Å². The number of anilines is 1. The lowest BCUT2D eigenvalue weighted by atomic mass is 10.1. The van der Waals surface area contributed by atoms with Crippen molar-refractivity contribution >= 4 is 11.6 Å². The van der Waals surface area contributed by atoms with Crippen molar-refractivity contribution in [3.05, 3.63) is 72.0 Å². The molecule has 0 radical (unpaired) electrons. The summed E-state index contributed by atoms with van der Waals surface area (Å²) in [5.41, 5.74) is 2.05. The van der Waals surface area contributed by atoms with Gasteiger partial charge in [-0.25, -0.2) is 0 Å². The molecule has 26 heavy (non-hydrogen) atoms. The van der Waals surface area contributed by atoms with Crippen LogP contribution in [-0.2, 0) is 6.61 Å². The van der Waals surface area contributed by atoms with Gasteiger partial charge in [0.25, 0.3) is 5.91 Å². The fourth-order valence-corrected chi connectivity index (χ4v) is 2.49. The zero-order valence-electron chi connectivity index (χ0n) is 14.6. The highest BCUT2D eigenvalue weighted by Gasteiger charge is 2.09. The van der Waals surface area contributed by atoms with E-state index in [0.29, 0.717) is 29.4 Å². The van der Waals surface area contributed by atoms with Gasteiger partial charge >= 0.3 is 0 Å². The van der Waals surface area contributed by atoms with Crippen molar-refractivity contribution in [2.75, 3.05) is 11.9 Å². The van der Waals surface area contributed by atoms with Gasteiger partial charge in [-0.2, -0.15) is 0 Å². The van der Waals surface area contributed by atoms with Crippen molar-refractivity contribution in [1.82, 2.24) is 0 Å². The molecule has 1 amide bonds. The number of carbonyl (C=O) groups is 1. The Morgan fingerprint density at radius 3 is 2.62 bits per heavy atom. The number of rotatable bonds is 7. The maximum Gasteiger partial charge on any atom is 0.255 e. The zero-order valence-corrected chi connectivity index (χ0v) is 14.6. The predicted octanol–water partition coefficient (Wildman–Crippen LogP) is 4.48. The minimum Gasteiger partial charge on any atom is -0.494 e. The summed E-state index contributed by atoms with van der Waals surface area (Å²) in [6, 6.07) is 18.0. The number of hydrogen-bond acceptors (Lipinski definition) is 4. The number of hydrogen-bond donors (Lipinski definition) is 2. The lowest BCUT2D eigenvalue weighted by molar-refractivity contribution is 0.102. The summed E-state index contributed by atoms with van der Waals surface area (Å²) in [5, 5.41) is 12.0. The number of carbonyl (C=O) groups excluding carboxylic acids is 1. The van der Waals surface area contributed by atoms with Gasteiger partial charge in [-0.1, -0.05) is 19.1 Å². The molecule has 1 heterocycles. The van der Waals surface area contributed by atoms with E-state index >= 15 is 0 Å². The number of aliphatic hydroxyl groups excluding tert-OH is 1. The van der Waals surface area contributed by atoms with Crippen molar-refractivity contribution in [2.24, 2.45) is 0 Å². The van der Waals surface area contributed by atoms with Gasteiger partial charge < -0.3 is 19.6 Å². The molecule has 2 N–H and O–H groups in total. The van der Waals surface area contributed by atoms with Crippen LogP contribution in [0.2, 0.25) is 0 Å². The summed E-state index contributed by atoms with van der Waals surface area (Å²) in [6.45, 7) is 2.56. The van der Waals surface area contributed by atoms with Crippen LogP contribution in [-0.4, -0.2) is 17.6 Å². The molecule has 0 aliphatic carbocycles. The minimum absolute atomic E-state index is 0.144. The molecule has 0 atom stereocenters. The van der Waals surface area contributed by atoms with E-state index in [1.807, 2.05) is 31.2 Å². The van der Waals surface area contributed by atoms with Crippen LogP contribution in [0.15, 0.2) is 65.1 Å². The summed E-state index contributed by atoms with van der Waals surface area (Å²) < 4.78 is 11.1. The van der Waals surface area contributed by atoms with Gasteiger partial charge in [0.2, 0.25) is 0 Å². The van der Waals surface area contributed by atoms with Crippen LogP contribution in [0.4, 0.5) is 5.69 Å². The Balaban J connectivity index is 1.70. The quantitative estimate of drug-likeness (QED) is 0.658. The average Bonchev–Trinajstić information content (AvgIpc) is 3.16. The van der Waals surface area contributed by atoms with E-state index in [-0.39, 0.29) is 12.5 Å². The van der Waals surface area contributed by atoms with Crippen LogP contribution in [0.1, 0.15) is 29.5 Å². The van der Waals surface area contributed by atoms with Gasteiger partial charge in [0, 0.05) is 16.8 Å². The molecular weight excluding hydrogens is 330 g/mol. The first kappa shape index (κ1) is 17.8. The molecule has 0 saturated carbocycles. The van der Waals surface area contributed by atoms with Crippen LogP contribution in [0, 0.1) is 0 Å². The molecule has 0 unspecified atom stereocenters. The first-order chi connectivity index (χ1) is 12.7. The normalized spacial score (nSPS) is 10.5. The molecular formula is C21H21NO4. The van der Waals surface area contributed by atoms with Crippen LogP contribution in [0.5, 0.6) is 5.75 Å². The topological polar surface area (TPSA) is 71.7 Å². The largest absolute Gasteiger partial charge is 0.494 e. The monoisotopic (exact) mass is 351 g/mol. The second-order valence-electron chi connectivity index (χ2n) is 5.83. The number of aliphatic hydroxyl groups is 1. The van der Waals surface area contributed by atoms with Gasteiger partial charge in [-0.15, -0.1) is 0 Å². The van der Waals surface area contributed by atoms with Crippen molar-refractivity contribution < 1.29 is 19.1 Å². The van der Waals surface area contributed by atoms with Crippen molar-refractivity contribution in [3.63, 3.8) is 0 Å². The fraction of sp³-hybridized carbons (Fsp3) is 0.190. The summed E-state index contributed by atoms with van der Waals surface area (Å²) in [4.78, 5) is 12.4.